The van der Waals surface area contributed by atoms with Crippen LogP contribution >= 0.6 is 0 Å². The number of benzene rings is 2. The zero-order valence-corrected chi connectivity index (χ0v) is 16.7. The van der Waals surface area contributed by atoms with E-state index in [2.05, 4.69) is 22.3 Å². The minimum atomic E-state index is -2.86. The number of para-hydroxylation sites is 1. The average Bonchev–Trinajstić information content (AvgIpc) is 3.09. The Labute approximate surface area is 172 Å². The number of hydrogen-bond acceptors (Lipinski definition) is 2. The third kappa shape index (κ3) is 5.09. The number of hydrogen-bond donors (Lipinski definition) is 1. The van der Waals surface area contributed by atoms with Gasteiger partial charge >= 0.3 is 0 Å². The van der Waals surface area contributed by atoms with Crippen molar-refractivity contribution in [1.29, 1.82) is 0 Å². The molecule has 3 rings (SSSR count). The molecule has 7 heteroatoms. The molecule has 0 aliphatic carbocycles. The summed E-state index contributed by atoms with van der Waals surface area (Å²) in [5, 5.41) is 6.35. The molecule has 154 valence electrons. The van der Waals surface area contributed by atoms with Crippen molar-refractivity contribution in [1.82, 2.24) is 9.78 Å². The van der Waals surface area contributed by atoms with Crippen LogP contribution in [0.5, 0.6) is 0 Å². The summed E-state index contributed by atoms with van der Waals surface area (Å²) in [7, 11) is 1.48. The molecular weight excluding hydrogens is 391 g/mol. The van der Waals surface area contributed by atoms with E-state index in [4.69, 9.17) is 0 Å². The molecule has 0 saturated heterocycles. The van der Waals surface area contributed by atoms with E-state index in [9.17, 15) is 18.0 Å². The third-order valence-corrected chi connectivity index (χ3v) is 4.18. The van der Waals surface area contributed by atoms with Crippen molar-refractivity contribution < 1.29 is 18.0 Å². The lowest BCUT2D eigenvalue weighted by Gasteiger charge is -2.11. The standard InChI is InChI=1S/C23H20F3N3O/c1-23(2,26)13-12-15-8-10-16(11-9-15)17-6-4-5-7-19(17)27-22(30)18-14-29(3)28-20(18)21(24)25/h4-11,14,21H,1-3H3,(H,27,30). The summed E-state index contributed by atoms with van der Waals surface area (Å²) in [5.74, 6) is 4.63. The summed E-state index contributed by atoms with van der Waals surface area (Å²) in [6, 6.07) is 14.1. The van der Waals surface area contributed by atoms with Crippen molar-refractivity contribution >= 4 is 11.6 Å². The number of aromatic nitrogens is 2. The van der Waals surface area contributed by atoms with Crippen molar-refractivity contribution in [2.45, 2.75) is 25.9 Å². The second kappa shape index (κ2) is 8.46. The number of carbonyl (C=O) groups is 1. The van der Waals surface area contributed by atoms with E-state index in [0.29, 0.717) is 16.8 Å². The quantitative estimate of drug-likeness (QED) is 0.586. The van der Waals surface area contributed by atoms with Gasteiger partial charge in [0, 0.05) is 30.1 Å². The summed E-state index contributed by atoms with van der Waals surface area (Å²) in [4.78, 5) is 12.6. The summed E-state index contributed by atoms with van der Waals surface area (Å²) < 4.78 is 41.1. The van der Waals surface area contributed by atoms with Gasteiger partial charge in [0.05, 0.1) is 5.56 Å². The number of carbonyl (C=O) groups excluding carboxylic acids is 1. The first kappa shape index (κ1) is 21.2. The zero-order valence-electron chi connectivity index (χ0n) is 16.7. The molecule has 1 amide bonds. The molecule has 0 spiro atoms. The maximum atomic E-state index is 13.5. The molecule has 1 aromatic heterocycles. The van der Waals surface area contributed by atoms with E-state index in [1.807, 2.05) is 0 Å². The molecule has 0 aliphatic heterocycles. The van der Waals surface area contributed by atoms with Crippen LogP contribution in [-0.4, -0.2) is 21.4 Å². The summed E-state index contributed by atoms with van der Waals surface area (Å²) in [6.45, 7) is 2.77. The largest absolute Gasteiger partial charge is 0.321 e. The van der Waals surface area contributed by atoms with Gasteiger partial charge in [-0.2, -0.15) is 5.10 Å². The number of nitrogens with one attached hydrogen (secondary N) is 1. The molecule has 0 aliphatic rings. The molecule has 0 unspecified atom stereocenters. The smallest absolute Gasteiger partial charge is 0.282 e. The molecule has 0 saturated carbocycles. The molecule has 0 atom stereocenters. The van der Waals surface area contributed by atoms with E-state index < -0.39 is 23.7 Å². The number of aryl methyl sites for hydroxylation is 1. The van der Waals surface area contributed by atoms with E-state index >= 15 is 0 Å². The highest BCUT2D eigenvalue weighted by molar-refractivity contribution is 6.06. The second-order valence-corrected chi connectivity index (χ2v) is 7.20. The van der Waals surface area contributed by atoms with Gasteiger partial charge in [-0.25, -0.2) is 13.2 Å². The number of amides is 1. The first-order valence-corrected chi connectivity index (χ1v) is 9.18. The number of rotatable bonds is 4. The van der Waals surface area contributed by atoms with Crippen LogP contribution in [0.1, 0.15) is 41.9 Å². The van der Waals surface area contributed by atoms with Crippen molar-refractivity contribution in [2.75, 3.05) is 5.32 Å². The highest BCUT2D eigenvalue weighted by Crippen LogP contribution is 2.29. The summed E-state index contributed by atoms with van der Waals surface area (Å²) in [6.07, 6.45) is -1.59. The van der Waals surface area contributed by atoms with Crippen LogP contribution in [0.15, 0.2) is 54.7 Å². The van der Waals surface area contributed by atoms with Crippen LogP contribution < -0.4 is 5.32 Å². The van der Waals surface area contributed by atoms with E-state index in [1.165, 1.54) is 31.8 Å². The lowest BCUT2D eigenvalue weighted by molar-refractivity contribution is 0.101. The highest BCUT2D eigenvalue weighted by Gasteiger charge is 2.23. The summed E-state index contributed by atoms with van der Waals surface area (Å²) in [5.41, 5.74) is 0.292. The van der Waals surface area contributed by atoms with Gasteiger partial charge in [-0.05, 0) is 37.6 Å². The Morgan fingerprint density at radius 3 is 2.43 bits per heavy atom. The van der Waals surface area contributed by atoms with Gasteiger partial charge in [0.2, 0.25) is 0 Å². The normalized spacial score (nSPS) is 11.2. The number of halogens is 3. The molecule has 30 heavy (non-hydrogen) atoms. The first-order valence-electron chi connectivity index (χ1n) is 9.18. The van der Waals surface area contributed by atoms with Gasteiger partial charge in [0.1, 0.15) is 5.69 Å². The monoisotopic (exact) mass is 411 g/mol. The molecule has 0 fully saturated rings. The Balaban J connectivity index is 1.88. The predicted molar refractivity (Wildman–Crippen MR) is 110 cm³/mol. The Hall–Kier alpha value is -3.53. The van der Waals surface area contributed by atoms with E-state index in [1.54, 1.807) is 48.5 Å². The second-order valence-electron chi connectivity index (χ2n) is 7.20. The fourth-order valence-corrected chi connectivity index (χ4v) is 2.83. The van der Waals surface area contributed by atoms with Crippen molar-refractivity contribution in [3.8, 4) is 23.0 Å². The van der Waals surface area contributed by atoms with Gasteiger partial charge in [-0.3, -0.25) is 9.48 Å². The minimum Gasteiger partial charge on any atom is -0.321 e. The maximum absolute atomic E-state index is 13.5. The highest BCUT2D eigenvalue weighted by atomic mass is 19.3. The van der Waals surface area contributed by atoms with Gasteiger partial charge in [-0.1, -0.05) is 42.2 Å². The number of nitrogens with zero attached hydrogens (tertiary/aromatic N) is 2. The Morgan fingerprint density at radius 2 is 1.80 bits per heavy atom. The average molecular weight is 411 g/mol. The van der Waals surface area contributed by atoms with Crippen molar-refractivity contribution in [3.05, 3.63) is 71.5 Å². The lowest BCUT2D eigenvalue weighted by atomic mass is 10.0. The van der Waals surface area contributed by atoms with Gasteiger partial charge < -0.3 is 5.32 Å². The molecule has 0 bridgehead atoms. The van der Waals surface area contributed by atoms with Crippen molar-refractivity contribution in [2.24, 2.45) is 7.05 Å². The molecule has 4 nitrogen and oxygen atoms in total. The Morgan fingerprint density at radius 1 is 1.13 bits per heavy atom. The van der Waals surface area contributed by atoms with Crippen LogP contribution in [0.25, 0.3) is 11.1 Å². The zero-order chi connectivity index (χ0) is 21.9. The molecule has 1 heterocycles. The molecular formula is C23H20F3N3O. The molecule has 2 aromatic carbocycles. The van der Waals surface area contributed by atoms with Gasteiger partial charge in [-0.15, -0.1) is 0 Å². The Bertz CT molecular complexity index is 1120. The predicted octanol–water partition coefficient (Wildman–Crippen LogP) is 5.38. The number of alkyl halides is 3. The maximum Gasteiger partial charge on any atom is 0.282 e. The lowest BCUT2D eigenvalue weighted by Crippen LogP contribution is -2.14. The van der Waals surface area contributed by atoms with Crippen LogP contribution in [-0.2, 0) is 7.05 Å². The molecule has 3 aromatic rings. The first-order chi connectivity index (χ1) is 14.1. The van der Waals surface area contributed by atoms with E-state index in [-0.39, 0.29) is 5.56 Å². The third-order valence-electron chi connectivity index (χ3n) is 4.18. The Kier molecular flexibility index (Phi) is 5.97. The topological polar surface area (TPSA) is 46.9 Å². The van der Waals surface area contributed by atoms with E-state index in [0.717, 1.165) is 5.56 Å². The van der Waals surface area contributed by atoms with Gasteiger partial charge in [0.15, 0.2) is 5.67 Å². The summed E-state index contributed by atoms with van der Waals surface area (Å²) >= 11 is 0. The van der Waals surface area contributed by atoms with Crippen LogP contribution in [0, 0.1) is 11.8 Å². The minimum absolute atomic E-state index is 0.179. The number of anilines is 1. The van der Waals surface area contributed by atoms with Gasteiger partial charge in [0.25, 0.3) is 12.3 Å². The molecule has 0 radical (unpaired) electrons. The van der Waals surface area contributed by atoms with Crippen LogP contribution in [0.4, 0.5) is 18.9 Å². The SMILES string of the molecule is Cn1cc(C(=O)Nc2ccccc2-c2ccc(C#CC(C)(C)F)cc2)c(C(F)F)n1. The van der Waals surface area contributed by atoms with Crippen LogP contribution in [0.2, 0.25) is 0 Å². The molecule has 1 N–H and O–H groups in total. The van der Waals surface area contributed by atoms with Crippen molar-refractivity contribution in [3.63, 3.8) is 0 Å². The fourth-order valence-electron chi connectivity index (χ4n) is 2.83. The van der Waals surface area contributed by atoms with Crippen LogP contribution in [0.3, 0.4) is 0 Å². The fraction of sp³-hybridized carbons (Fsp3) is 0.217.